The summed E-state index contributed by atoms with van der Waals surface area (Å²) in [6.45, 7) is 1.53. The summed E-state index contributed by atoms with van der Waals surface area (Å²) in [6, 6.07) is 12.0. The van der Waals surface area contributed by atoms with E-state index in [0.717, 1.165) is 6.39 Å². The molecule has 0 bridgehead atoms. The smallest absolute Gasteiger partial charge is 0.325 e. The quantitative estimate of drug-likeness (QED) is 0.422. The summed E-state index contributed by atoms with van der Waals surface area (Å²) in [4.78, 5) is 16.2. The van der Waals surface area contributed by atoms with Crippen molar-refractivity contribution in [1.29, 1.82) is 0 Å². The Hall–Kier alpha value is -3.46. The predicted molar refractivity (Wildman–Crippen MR) is 111 cm³/mol. The largest absolute Gasteiger partial charge is 0.468 e. The minimum atomic E-state index is -4.00. The number of carbonyl (C=O) groups is 1. The van der Waals surface area contributed by atoms with E-state index in [9.17, 15) is 17.6 Å². The monoisotopic (exact) mass is 442 g/mol. The fraction of sp³-hybridized carbons (Fsp3) is 0.182. The highest BCUT2D eigenvalue weighted by molar-refractivity contribution is 7.92. The van der Waals surface area contributed by atoms with Crippen molar-refractivity contribution in [2.45, 2.75) is 23.6 Å². The summed E-state index contributed by atoms with van der Waals surface area (Å²) in [5, 5.41) is -0.897. The van der Waals surface area contributed by atoms with Crippen LogP contribution < -0.4 is 0 Å². The zero-order valence-corrected chi connectivity index (χ0v) is 17.6. The van der Waals surface area contributed by atoms with Crippen molar-refractivity contribution in [2.75, 3.05) is 7.11 Å². The Balaban J connectivity index is 2.05. The molecule has 2 heterocycles. The number of ether oxygens (including phenoxy) is 1. The molecule has 1 unspecified atom stereocenters. The molecule has 0 aliphatic rings. The predicted octanol–water partition coefficient (Wildman–Crippen LogP) is 3.81. The van der Waals surface area contributed by atoms with Crippen LogP contribution in [0.4, 0.5) is 4.39 Å². The molecule has 0 spiro atoms. The number of rotatable bonds is 6. The van der Waals surface area contributed by atoms with Gasteiger partial charge in [-0.1, -0.05) is 18.2 Å². The van der Waals surface area contributed by atoms with Crippen molar-refractivity contribution in [3.05, 3.63) is 84.0 Å². The first kappa shape index (κ1) is 20.8. The van der Waals surface area contributed by atoms with Gasteiger partial charge in [0.15, 0.2) is 16.2 Å². The fourth-order valence-corrected chi connectivity index (χ4v) is 5.62. The van der Waals surface area contributed by atoms with Crippen LogP contribution >= 0.6 is 0 Å². The summed E-state index contributed by atoms with van der Waals surface area (Å²) in [6.07, 6.45) is 2.40. The van der Waals surface area contributed by atoms with Gasteiger partial charge in [-0.3, -0.25) is 4.79 Å². The molecule has 160 valence electrons. The third-order valence-electron chi connectivity index (χ3n) is 5.21. The van der Waals surface area contributed by atoms with Gasteiger partial charge in [0.1, 0.15) is 29.6 Å². The molecule has 9 heteroatoms. The molecule has 7 nitrogen and oxygen atoms in total. The van der Waals surface area contributed by atoms with Crippen molar-refractivity contribution in [2.24, 2.45) is 0 Å². The maximum absolute atomic E-state index is 14.2. The zero-order valence-electron chi connectivity index (χ0n) is 16.8. The van der Waals surface area contributed by atoms with Crippen molar-refractivity contribution < 1.29 is 26.8 Å². The van der Waals surface area contributed by atoms with E-state index in [1.807, 2.05) is 0 Å². The minimum Gasteiger partial charge on any atom is -0.468 e. The number of carbonyl (C=O) groups excluding carboxylic acids is 1. The summed E-state index contributed by atoms with van der Waals surface area (Å²) < 4.78 is 53.2. The fourth-order valence-electron chi connectivity index (χ4n) is 3.77. The molecule has 4 aromatic rings. The van der Waals surface area contributed by atoms with E-state index in [1.165, 1.54) is 43.7 Å². The molecule has 0 aliphatic carbocycles. The number of hydrogen-bond donors (Lipinski definition) is 0. The lowest BCUT2D eigenvalue weighted by Gasteiger charge is -2.17. The summed E-state index contributed by atoms with van der Waals surface area (Å²) in [5.74, 6) is -1.04. The maximum atomic E-state index is 14.2. The van der Waals surface area contributed by atoms with Crippen molar-refractivity contribution in [3.8, 4) is 0 Å². The molecule has 2 aromatic heterocycles. The molecule has 2 aromatic carbocycles. The van der Waals surface area contributed by atoms with Gasteiger partial charge in [-0.2, -0.15) is 0 Å². The molecule has 0 N–H and O–H groups in total. The van der Waals surface area contributed by atoms with E-state index < -0.39 is 26.9 Å². The number of esters is 1. The van der Waals surface area contributed by atoms with Crippen LogP contribution in [0.3, 0.4) is 0 Å². The lowest BCUT2D eigenvalue weighted by Crippen LogP contribution is -2.18. The van der Waals surface area contributed by atoms with Crippen LogP contribution in [0.25, 0.3) is 10.9 Å². The highest BCUT2D eigenvalue weighted by Gasteiger charge is 2.37. The van der Waals surface area contributed by atoms with Gasteiger partial charge in [-0.05, 0) is 37.3 Å². The molecule has 1 atom stereocenters. The van der Waals surface area contributed by atoms with Crippen molar-refractivity contribution >= 4 is 26.7 Å². The van der Waals surface area contributed by atoms with E-state index in [1.54, 1.807) is 29.7 Å². The van der Waals surface area contributed by atoms with Crippen LogP contribution in [-0.4, -0.2) is 31.0 Å². The zero-order chi connectivity index (χ0) is 22.2. The second kappa shape index (κ2) is 7.99. The van der Waals surface area contributed by atoms with E-state index in [-0.39, 0.29) is 17.1 Å². The number of fused-ring (bicyclic) bond motifs is 1. The van der Waals surface area contributed by atoms with Crippen LogP contribution in [-0.2, 0) is 25.9 Å². The van der Waals surface area contributed by atoms with E-state index in [2.05, 4.69) is 4.98 Å². The van der Waals surface area contributed by atoms with Gasteiger partial charge in [0.05, 0.1) is 12.0 Å². The molecule has 0 saturated carbocycles. The van der Waals surface area contributed by atoms with Crippen LogP contribution in [0.1, 0.15) is 22.2 Å². The van der Waals surface area contributed by atoms with Gasteiger partial charge >= 0.3 is 5.97 Å². The molecule has 0 amide bonds. The van der Waals surface area contributed by atoms with Gasteiger partial charge in [0.25, 0.3) is 0 Å². The molecule has 0 radical (unpaired) electrons. The molecule has 0 fully saturated rings. The van der Waals surface area contributed by atoms with Gasteiger partial charge in [0.2, 0.25) is 0 Å². The number of oxazole rings is 1. The Bertz CT molecular complexity index is 1350. The lowest BCUT2D eigenvalue weighted by atomic mass is 10.1. The van der Waals surface area contributed by atoms with Crippen LogP contribution in [0.2, 0.25) is 0 Å². The molecule has 31 heavy (non-hydrogen) atoms. The van der Waals surface area contributed by atoms with Crippen molar-refractivity contribution in [3.63, 3.8) is 0 Å². The number of benzene rings is 2. The van der Waals surface area contributed by atoms with Crippen LogP contribution in [0, 0.1) is 12.7 Å². The first-order valence-corrected chi connectivity index (χ1v) is 10.9. The topological polar surface area (TPSA) is 91.4 Å². The maximum Gasteiger partial charge on any atom is 0.325 e. The summed E-state index contributed by atoms with van der Waals surface area (Å²) in [5.41, 5.74) is 1.49. The Kier molecular flexibility index (Phi) is 5.36. The van der Waals surface area contributed by atoms with Crippen LogP contribution in [0.15, 0.2) is 70.5 Å². The van der Waals surface area contributed by atoms with E-state index in [0.29, 0.717) is 22.2 Å². The second-order valence-electron chi connectivity index (χ2n) is 6.97. The number of hydrogen-bond acceptors (Lipinski definition) is 6. The average Bonchev–Trinajstić information content (AvgIpc) is 3.37. The molecule has 4 rings (SSSR count). The normalized spacial score (nSPS) is 12.7. The van der Waals surface area contributed by atoms with E-state index in [4.69, 9.17) is 9.15 Å². The number of nitrogens with zero attached hydrogens (tertiary/aromatic N) is 2. The standard InChI is InChI=1S/C22H19FN2O5S/c1-14-21(17-10-15(23)8-9-19(17)25(14)11-20(26)29-2)22(18-12-30-13-24-18)31(27,28)16-6-4-3-5-7-16/h3-10,12-13,22H,11H2,1-2H3. The molecular formula is C22H19FN2O5S. The number of methoxy groups -OCH3 is 1. The first-order valence-electron chi connectivity index (χ1n) is 9.36. The minimum absolute atomic E-state index is 0.0904. The number of halogens is 1. The first-order chi connectivity index (χ1) is 14.8. The third-order valence-corrected chi connectivity index (χ3v) is 7.24. The van der Waals surface area contributed by atoms with Crippen LogP contribution in [0.5, 0.6) is 0 Å². The summed E-state index contributed by atoms with van der Waals surface area (Å²) in [7, 11) is -2.73. The van der Waals surface area contributed by atoms with Gasteiger partial charge in [-0.15, -0.1) is 0 Å². The number of aromatic nitrogens is 2. The Morgan fingerprint density at radius 3 is 2.61 bits per heavy atom. The van der Waals surface area contributed by atoms with Gasteiger partial charge < -0.3 is 13.7 Å². The average molecular weight is 442 g/mol. The Morgan fingerprint density at radius 1 is 1.23 bits per heavy atom. The van der Waals surface area contributed by atoms with Gasteiger partial charge in [-0.25, -0.2) is 17.8 Å². The lowest BCUT2D eigenvalue weighted by molar-refractivity contribution is -0.141. The Labute approximate surface area is 178 Å². The highest BCUT2D eigenvalue weighted by Crippen LogP contribution is 2.41. The second-order valence-corrected chi connectivity index (χ2v) is 9.01. The highest BCUT2D eigenvalue weighted by atomic mass is 32.2. The third kappa shape index (κ3) is 3.61. The Morgan fingerprint density at radius 2 is 1.97 bits per heavy atom. The molecule has 0 aliphatic heterocycles. The SMILES string of the molecule is COC(=O)Cn1c(C)c(C(c2cocn2)S(=O)(=O)c2ccccc2)c2cc(F)ccc21. The van der Waals surface area contributed by atoms with E-state index >= 15 is 0 Å². The summed E-state index contributed by atoms with van der Waals surface area (Å²) >= 11 is 0. The molecular weight excluding hydrogens is 423 g/mol. The molecule has 0 saturated heterocycles. The van der Waals surface area contributed by atoms with Gasteiger partial charge in [0, 0.05) is 22.2 Å². The number of sulfone groups is 1. The van der Waals surface area contributed by atoms with Crippen molar-refractivity contribution in [1.82, 2.24) is 9.55 Å².